The maximum absolute atomic E-state index is 12.3. The smallest absolute Gasteiger partial charge is 0.405 e. The highest BCUT2D eigenvalue weighted by Crippen LogP contribution is 2.32. The second-order valence-corrected chi connectivity index (χ2v) is 5.50. The van der Waals surface area contributed by atoms with Gasteiger partial charge in [0, 0.05) is 5.56 Å². The minimum atomic E-state index is -1.04. The van der Waals surface area contributed by atoms with Crippen molar-refractivity contribution >= 4 is 23.4 Å². The van der Waals surface area contributed by atoms with Crippen LogP contribution in [0.5, 0.6) is 0 Å². The number of nitrogens with two attached hydrogens (primary N) is 1. The molecule has 0 bridgehead atoms. The monoisotopic (exact) mass is 311 g/mol. The topological polar surface area (TPSA) is 104 Å². The minimum Gasteiger partial charge on any atom is -0.465 e. The van der Waals surface area contributed by atoms with Crippen molar-refractivity contribution in [2.75, 3.05) is 11.1 Å². The molecule has 0 saturated heterocycles. The molecule has 0 heterocycles. The Labute approximate surface area is 133 Å². The maximum Gasteiger partial charge on any atom is 0.405 e. The van der Waals surface area contributed by atoms with Crippen LogP contribution in [0.15, 0.2) is 42.5 Å². The molecule has 0 saturated carbocycles. The number of hydrogen-bond acceptors (Lipinski definition) is 3. The molecule has 23 heavy (non-hydrogen) atoms. The highest BCUT2D eigenvalue weighted by atomic mass is 16.4. The highest BCUT2D eigenvalue weighted by molar-refractivity contribution is 6.05. The van der Waals surface area contributed by atoms with Gasteiger partial charge in [0.25, 0.3) is 5.91 Å². The van der Waals surface area contributed by atoms with E-state index < -0.39 is 6.09 Å². The third-order valence-electron chi connectivity index (χ3n) is 3.99. The lowest BCUT2D eigenvalue weighted by atomic mass is 10.0. The summed E-state index contributed by atoms with van der Waals surface area (Å²) >= 11 is 0. The molecule has 1 atom stereocenters. The van der Waals surface area contributed by atoms with Crippen molar-refractivity contribution in [2.45, 2.75) is 18.9 Å². The molecule has 0 aliphatic heterocycles. The van der Waals surface area contributed by atoms with Gasteiger partial charge in [-0.1, -0.05) is 18.2 Å². The van der Waals surface area contributed by atoms with Gasteiger partial charge in [-0.3, -0.25) is 4.79 Å². The number of fused-ring (bicyclic) bond motifs is 1. The summed E-state index contributed by atoms with van der Waals surface area (Å²) in [6.45, 7) is 0. The first-order chi connectivity index (χ1) is 11.0. The van der Waals surface area contributed by atoms with E-state index in [4.69, 9.17) is 10.8 Å². The average molecular weight is 311 g/mol. The van der Waals surface area contributed by atoms with Crippen LogP contribution in [0.3, 0.4) is 0 Å². The predicted molar refractivity (Wildman–Crippen MR) is 87.5 cm³/mol. The van der Waals surface area contributed by atoms with Crippen molar-refractivity contribution in [3.8, 4) is 0 Å². The van der Waals surface area contributed by atoms with Crippen LogP contribution < -0.4 is 16.4 Å². The minimum absolute atomic E-state index is 0.204. The zero-order valence-electron chi connectivity index (χ0n) is 12.4. The van der Waals surface area contributed by atoms with E-state index in [1.165, 1.54) is 0 Å². The number of nitrogens with one attached hydrogen (secondary N) is 2. The van der Waals surface area contributed by atoms with E-state index in [1.54, 1.807) is 30.3 Å². The molecular weight excluding hydrogens is 294 g/mol. The third-order valence-corrected chi connectivity index (χ3v) is 3.99. The van der Waals surface area contributed by atoms with Crippen LogP contribution in [-0.2, 0) is 6.42 Å². The highest BCUT2D eigenvalue weighted by Gasteiger charge is 2.24. The van der Waals surface area contributed by atoms with Crippen molar-refractivity contribution in [2.24, 2.45) is 0 Å². The summed E-state index contributed by atoms with van der Waals surface area (Å²) < 4.78 is 0. The molecule has 2 amide bonds. The molecule has 1 aliphatic carbocycles. The fourth-order valence-electron chi connectivity index (χ4n) is 2.86. The van der Waals surface area contributed by atoms with Crippen LogP contribution in [0.1, 0.15) is 33.9 Å². The Morgan fingerprint density at radius 2 is 1.96 bits per heavy atom. The summed E-state index contributed by atoms with van der Waals surface area (Å²) in [6, 6.07) is 12.2. The Hall–Kier alpha value is -3.02. The molecule has 6 nitrogen and oxygen atoms in total. The lowest BCUT2D eigenvalue weighted by molar-refractivity contribution is 0.102. The van der Waals surface area contributed by atoms with Gasteiger partial charge in [0.1, 0.15) is 0 Å². The van der Waals surface area contributed by atoms with Gasteiger partial charge in [-0.15, -0.1) is 0 Å². The number of carboxylic acid groups (broad SMARTS) is 1. The zero-order chi connectivity index (χ0) is 16.4. The Balaban J connectivity index is 1.79. The fraction of sp³-hybridized carbons (Fsp3) is 0.176. The van der Waals surface area contributed by atoms with Crippen LogP contribution in [0, 0.1) is 0 Å². The van der Waals surface area contributed by atoms with Gasteiger partial charge in [0.05, 0.1) is 17.4 Å². The van der Waals surface area contributed by atoms with E-state index in [-0.39, 0.29) is 11.9 Å². The van der Waals surface area contributed by atoms with Crippen LogP contribution in [0.25, 0.3) is 0 Å². The molecule has 1 unspecified atom stereocenters. The maximum atomic E-state index is 12.3. The van der Waals surface area contributed by atoms with Crippen LogP contribution >= 0.6 is 0 Å². The molecule has 118 valence electrons. The van der Waals surface area contributed by atoms with Crippen molar-refractivity contribution in [1.82, 2.24) is 5.32 Å². The molecule has 6 heteroatoms. The Kier molecular flexibility index (Phi) is 3.89. The average Bonchev–Trinajstić information content (AvgIpc) is 2.91. The summed E-state index contributed by atoms with van der Waals surface area (Å²) in [7, 11) is 0. The molecule has 2 aromatic carbocycles. The number of hydrogen-bond donors (Lipinski definition) is 4. The van der Waals surface area contributed by atoms with Gasteiger partial charge in [-0.05, 0) is 48.2 Å². The number of rotatable bonds is 3. The Morgan fingerprint density at radius 1 is 1.17 bits per heavy atom. The summed E-state index contributed by atoms with van der Waals surface area (Å²) in [4.78, 5) is 23.1. The number of carbonyl (C=O) groups excluding carboxylic acids is 1. The molecule has 3 rings (SSSR count). The van der Waals surface area contributed by atoms with Crippen LogP contribution in [0.2, 0.25) is 0 Å². The Morgan fingerprint density at radius 3 is 2.70 bits per heavy atom. The van der Waals surface area contributed by atoms with Gasteiger partial charge in [-0.2, -0.15) is 0 Å². The van der Waals surface area contributed by atoms with Gasteiger partial charge in [0.15, 0.2) is 0 Å². The second kappa shape index (κ2) is 6.00. The van der Waals surface area contributed by atoms with Crippen molar-refractivity contribution in [1.29, 1.82) is 0 Å². The van der Waals surface area contributed by atoms with Gasteiger partial charge < -0.3 is 21.5 Å². The zero-order valence-corrected chi connectivity index (χ0v) is 12.4. The molecule has 5 N–H and O–H groups in total. The SMILES string of the molecule is Nc1ccccc1NC(=O)c1ccc2c(c1)CCC2NC(=O)O. The number of nitrogen functional groups attached to an aromatic ring is 1. The van der Waals surface area contributed by atoms with E-state index in [1.807, 2.05) is 12.1 Å². The number of benzene rings is 2. The lowest BCUT2D eigenvalue weighted by Crippen LogP contribution is -2.25. The standard InChI is InChI=1S/C17H17N3O3/c18-13-3-1-2-4-15(13)19-16(21)11-5-7-12-10(9-11)6-8-14(12)20-17(22)23/h1-5,7,9,14,20H,6,8,18H2,(H,19,21)(H,22,23). The van der Waals surface area contributed by atoms with E-state index in [2.05, 4.69) is 10.6 Å². The first-order valence-electron chi connectivity index (χ1n) is 7.33. The largest absolute Gasteiger partial charge is 0.465 e. The fourth-order valence-corrected chi connectivity index (χ4v) is 2.86. The molecule has 0 spiro atoms. The second-order valence-electron chi connectivity index (χ2n) is 5.50. The van der Waals surface area contributed by atoms with Crippen molar-refractivity contribution in [3.05, 3.63) is 59.2 Å². The van der Waals surface area contributed by atoms with E-state index in [0.29, 0.717) is 23.4 Å². The van der Waals surface area contributed by atoms with Gasteiger partial charge in [-0.25, -0.2) is 4.79 Å². The van der Waals surface area contributed by atoms with E-state index in [0.717, 1.165) is 17.5 Å². The van der Waals surface area contributed by atoms with E-state index >= 15 is 0 Å². The van der Waals surface area contributed by atoms with Crippen molar-refractivity contribution < 1.29 is 14.7 Å². The number of para-hydroxylation sites is 2. The predicted octanol–water partition coefficient (Wildman–Crippen LogP) is 2.78. The van der Waals surface area contributed by atoms with Crippen molar-refractivity contribution in [3.63, 3.8) is 0 Å². The normalized spacial score (nSPS) is 15.7. The number of amides is 2. The first-order valence-corrected chi connectivity index (χ1v) is 7.33. The summed E-state index contributed by atoms with van der Waals surface area (Å²) in [5.41, 5.74) is 9.36. The number of anilines is 2. The summed E-state index contributed by atoms with van der Waals surface area (Å²) in [6.07, 6.45) is 0.414. The third kappa shape index (κ3) is 3.11. The molecule has 0 fully saturated rings. The van der Waals surface area contributed by atoms with E-state index in [9.17, 15) is 9.59 Å². The van der Waals surface area contributed by atoms with Crippen LogP contribution in [-0.4, -0.2) is 17.1 Å². The Bertz CT molecular complexity index is 773. The number of carbonyl (C=O) groups is 2. The lowest BCUT2D eigenvalue weighted by Gasteiger charge is -2.12. The molecule has 0 aromatic heterocycles. The van der Waals surface area contributed by atoms with Gasteiger partial charge in [0.2, 0.25) is 0 Å². The molecule has 2 aromatic rings. The molecule has 1 aliphatic rings. The summed E-state index contributed by atoms with van der Waals surface area (Å²) in [5, 5.41) is 14.1. The first kappa shape index (κ1) is 14.9. The van der Waals surface area contributed by atoms with Gasteiger partial charge >= 0.3 is 6.09 Å². The quantitative estimate of drug-likeness (QED) is 0.654. The molecule has 0 radical (unpaired) electrons. The number of aryl methyl sites for hydroxylation is 1. The molecular formula is C17H17N3O3. The van der Waals surface area contributed by atoms with Crippen LogP contribution in [0.4, 0.5) is 16.2 Å². The summed E-state index contributed by atoms with van der Waals surface area (Å²) in [5.74, 6) is -0.236.